The van der Waals surface area contributed by atoms with Gasteiger partial charge < -0.3 is 4.57 Å². The Morgan fingerprint density at radius 3 is 2.21 bits per heavy atom. The van der Waals surface area contributed by atoms with Crippen LogP contribution in [0.3, 0.4) is 0 Å². The second-order valence-electron chi connectivity index (χ2n) is 4.37. The van der Waals surface area contributed by atoms with Gasteiger partial charge in [0.25, 0.3) is 0 Å². The van der Waals surface area contributed by atoms with Crippen LogP contribution in [0, 0.1) is 3.70 Å². The molecule has 0 amide bonds. The number of rotatable bonds is 3. The summed E-state index contributed by atoms with van der Waals surface area (Å²) in [5, 5.41) is 0. The Hall–Kier alpha value is -1.62. The second-order valence-corrected chi connectivity index (χ2v) is 5.47. The molecule has 2 nitrogen and oxygen atoms in total. The van der Waals surface area contributed by atoms with Gasteiger partial charge in [-0.3, -0.25) is 0 Å². The smallest absolute Gasteiger partial charge is 0.141 e. The predicted octanol–water partition coefficient (Wildman–Crippen LogP) is 4.20. The third kappa shape index (κ3) is 2.87. The summed E-state index contributed by atoms with van der Waals surface area (Å²) < 4.78 is 3.22. The fourth-order valence-electron chi connectivity index (χ4n) is 2.10. The largest absolute Gasteiger partial charge is 0.325 e. The normalized spacial score (nSPS) is 10.6. The number of benzene rings is 2. The van der Waals surface area contributed by atoms with Crippen LogP contribution in [0.2, 0.25) is 0 Å². The van der Waals surface area contributed by atoms with E-state index in [0.717, 1.165) is 21.6 Å². The fourth-order valence-corrected chi connectivity index (χ4v) is 2.67. The maximum absolute atomic E-state index is 4.63. The average molecular weight is 360 g/mol. The first-order valence-electron chi connectivity index (χ1n) is 6.15. The number of hydrogen-bond donors (Lipinski definition) is 0. The zero-order valence-electron chi connectivity index (χ0n) is 10.3. The summed E-state index contributed by atoms with van der Waals surface area (Å²) in [5.74, 6) is 1.02. The van der Waals surface area contributed by atoms with Gasteiger partial charge in [-0.05, 0) is 28.2 Å². The van der Waals surface area contributed by atoms with Gasteiger partial charge in [-0.25, -0.2) is 4.98 Å². The van der Waals surface area contributed by atoms with Crippen LogP contribution in [0.1, 0.15) is 5.56 Å². The first-order chi connectivity index (χ1) is 9.33. The molecular weight excluding hydrogens is 347 g/mol. The van der Waals surface area contributed by atoms with Crippen LogP contribution in [0.25, 0.3) is 11.4 Å². The van der Waals surface area contributed by atoms with Crippen molar-refractivity contribution in [2.45, 2.75) is 6.54 Å². The summed E-state index contributed by atoms with van der Waals surface area (Å²) in [6.07, 6.45) is 2.09. The highest BCUT2D eigenvalue weighted by Gasteiger charge is 2.08. The van der Waals surface area contributed by atoms with Crippen LogP contribution < -0.4 is 0 Å². The van der Waals surface area contributed by atoms with Crippen molar-refractivity contribution in [3.8, 4) is 11.4 Å². The molecule has 19 heavy (non-hydrogen) atoms. The van der Waals surface area contributed by atoms with E-state index in [1.807, 2.05) is 24.3 Å². The highest BCUT2D eigenvalue weighted by Crippen LogP contribution is 2.20. The molecule has 0 aliphatic rings. The van der Waals surface area contributed by atoms with Crippen molar-refractivity contribution in [1.82, 2.24) is 9.55 Å². The minimum absolute atomic E-state index is 0.848. The molecule has 1 heterocycles. The summed E-state index contributed by atoms with van der Waals surface area (Å²) >= 11 is 2.26. The van der Waals surface area contributed by atoms with E-state index in [1.165, 1.54) is 5.56 Å². The van der Waals surface area contributed by atoms with Crippen LogP contribution >= 0.6 is 22.6 Å². The minimum Gasteiger partial charge on any atom is -0.325 e. The van der Waals surface area contributed by atoms with Crippen LogP contribution in [-0.2, 0) is 6.54 Å². The van der Waals surface area contributed by atoms with Crippen LogP contribution in [0.5, 0.6) is 0 Å². The summed E-state index contributed by atoms with van der Waals surface area (Å²) in [5.41, 5.74) is 2.44. The highest BCUT2D eigenvalue weighted by molar-refractivity contribution is 14.1. The fraction of sp³-hybridized carbons (Fsp3) is 0.0625. The number of imidazole rings is 1. The maximum Gasteiger partial charge on any atom is 0.141 e. The lowest BCUT2D eigenvalue weighted by Crippen LogP contribution is -2.00. The van der Waals surface area contributed by atoms with Crippen molar-refractivity contribution in [1.29, 1.82) is 0 Å². The van der Waals surface area contributed by atoms with E-state index in [-0.39, 0.29) is 0 Å². The molecule has 3 aromatic rings. The van der Waals surface area contributed by atoms with Gasteiger partial charge in [0.15, 0.2) is 0 Å². The van der Waals surface area contributed by atoms with E-state index in [0.29, 0.717) is 0 Å². The zero-order valence-corrected chi connectivity index (χ0v) is 12.5. The Balaban J connectivity index is 1.99. The maximum atomic E-state index is 4.63. The molecule has 0 aliphatic heterocycles. The van der Waals surface area contributed by atoms with Crippen molar-refractivity contribution in [2.75, 3.05) is 0 Å². The molecule has 0 atom stereocenters. The Morgan fingerprint density at radius 2 is 1.53 bits per heavy atom. The van der Waals surface area contributed by atoms with Crippen molar-refractivity contribution >= 4 is 22.6 Å². The van der Waals surface area contributed by atoms with Crippen molar-refractivity contribution < 1.29 is 0 Å². The molecule has 0 bridgehead atoms. The number of aromatic nitrogens is 2. The molecule has 94 valence electrons. The minimum atomic E-state index is 0.848. The third-order valence-corrected chi connectivity index (χ3v) is 3.49. The first kappa shape index (κ1) is 12.4. The molecule has 0 spiro atoms. The van der Waals surface area contributed by atoms with Gasteiger partial charge in [0, 0.05) is 18.3 Å². The third-order valence-electron chi connectivity index (χ3n) is 2.97. The van der Waals surface area contributed by atoms with Crippen LogP contribution in [0.4, 0.5) is 0 Å². The van der Waals surface area contributed by atoms with Crippen LogP contribution in [0.15, 0.2) is 66.9 Å². The van der Waals surface area contributed by atoms with Gasteiger partial charge in [-0.2, -0.15) is 0 Å². The predicted molar refractivity (Wildman–Crippen MR) is 85.9 cm³/mol. The highest BCUT2D eigenvalue weighted by atomic mass is 127. The van der Waals surface area contributed by atoms with Gasteiger partial charge in [0.2, 0.25) is 0 Å². The molecule has 0 radical (unpaired) electrons. The lowest BCUT2D eigenvalue weighted by atomic mass is 10.2. The average Bonchev–Trinajstić information content (AvgIpc) is 2.82. The van der Waals surface area contributed by atoms with Gasteiger partial charge in [-0.1, -0.05) is 60.7 Å². The van der Waals surface area contributed by atoms with Crippen LogP contribution in [-0.4, -0.2) is 9.55 Å². The van der Waals surface area contributed by atoms with Gasteiger partial charge in [0.05, 0.1) is 0 Å². The number of halogens is 1. The summed E-state index contributed by atoms with van der Waals surface area (Å²) in [4.78, 5) is 4.63. The lowest BCUT2D eigenvalue weighted by molar-refractivity contribution is 0.806. The van der Waals surface area contributed by atoms with E-state index in [2.05, 4.69) is 74.7 Å². The molecule has 0 aliphatic carbocycles. The summed E-state index contributed by atoms with van der Waals surface area (Å²) in [7, 11) is 0. The molecule has 0 saturated carbocycles. The molecular formula is C16H13IN2. The Bertz CT molecular complexity index is 660. The lowest BCUT2D eigenvalue weighted by Gasteiger charge is -2.07. The standard InChI is InChI=1S/C16H13IN2/c17-15-12-19(11-13-7-3-1-4-8-13)16(18-15)14-9-5-2-6-10-14/h1-10,12H,11H2. The van der Waals surface area contributed by atoms with E-state index in [4.69, 9.17) is 0 Å². The first-order valence-corrected chi connectivity index (χ1v) is 7.23. The number of hydrogen-bond acceptors (Lipinski definition) is 1. The Labute approximate surface area is 126 Å². The Morgan fingerprint density at radius 1 is 0.895 bits per heavy atom. The van der Waals surface area contributed by atoms with Crippen molar-refractivity contribution in [3.05, 3.63) is 76.1 Å². The van der Waals surface area contributed by atoms with Gasteiger partial charge in [-0.15, -0.1) is 0 Å². The molecule has 3 rings (SSSR count). The van der Waals surface area contributed by atoms with E-state index in [1.54, 1.807) is 0 Å². The monoisotopic (exact) mass is 360 g/mol. The molecule has 0 N–H and O–H groups in total. The molecule has 0 fully saturated rings. The van der Waals surface area contributed by atoms with E-state index in [9.17, 15) is 0 Å². The van der Waals surface area contributed by atoms with Gasteiger partial charge >= 0.3 is 0 Å². The quantitative estimate of drug-likeness (QED) is 0.640. The SMILES string of the molecule is Ic1cn(Cc2ccccc2)c(-c2ccccc2)n1. The number of nitrogens with zero attached hydrogens (tertiary/aromatic N) is 2. The van der Waals surface area contributed by atoms with Crippen molar-refractivity contribution in [2.24, 2.45) is 0 Å². The van der Waals surface area contributed by atoms with Gasteiger partial charge in [0.1, 0.15) is 9.53 Å². The molecule has 0 saturated heterocycles. The zero-order chi connectivity index (χ0) is 13.1. The summed E-state index contributed by atoms with van der Waals surface area (Å²) in [6, 6.07) is 20.8. The van der Waals surface area contributed by atoms with Crippen molar-refractivity contribution in [3.63, 3.8) is 0 Å². The molecule has 2 aromatic carbocycles. The second kappa shape index (κ2) is 5.57. The molecule has 0 unspecified atom stereocenters. The topological polar surface area (TPSA) is 17.8 Å². The Kier molecular flexibility index (Phi) is 3.64. The van der Waals surface area contributed by atoms with E-state index < -0.39 is 0 Å². The summed E-state index contributed by atoms with van der Waals surface area (Å²) in [6.45, 7) is 0.848. The van der Waals surface area contributed by atoms with E-state index >= 15 is 0 Å². The molecule has 1 aromatic heterocycles. The molecule has 3 heteroatoms.